The van der Waals surface area contributed by atoms with Crippen molar-refractivity contribution in [1.29, 1.82) is 0 Å². The fraction of sp³-hybridized carbons (Fsp3) is 0.385. The summed E-state index contributed by atoms with van der Waals surface area (Å²) in [6.45, 7) is 5.92. The molecule has 0 bridgehead atoms. The molecular formula is C13H14Cl2O4. The molecule has 0 aromatic heterocycles. The van der Waals surface area contributed by atoms with E-state index in [0.29, 0.717) is 6.29 Å². The minimum atomic E-state index is -0.915. The second-order valence-electron chi connectivity index (χ2n) is 5.13. The summed E-state index contributed by atoms with van der Waals surface area (Å²) in [5, 5.41) is 0.352. The van der Waals surface area contributed by atoms with E-state index in [1.54, 1.807) is 0 Å². The Labute approximate surface area is 121 Å². The molecule has 0 unspecified atom stereocenters. The zero-order valence-electron chi connectivity index (χ0n) is 10.8. The fourth-order valence-corrected chi connectivity index (χ4v) is 1.71. The third-order valence-corrected chi connectivity index (χ3v) is 2.47. The number of ether oxygens (including phenoxy) is 2. The van der Waals surface area contributed by atoms with Crippen LogP contribution in [0, 0.1) is 5.41 Å². The van der Waals surface area contributed by atoms with Crippen molar-refractivity contribution in [2.24, 2.45) is 5.41 Å². The summed E-state index contributed by atoms with van der Waals surface area (Å²) in [5.41, 5.74) is -0.0961. The number of rotatable bonds is 3. The zero-order chi connectivity index (χ0) is 14.6. The molecule has 0 atom stereocenters. The summed E-state index contributed by atoms with van der Waals surface area (Å²) in [6.07, 6.45) is -0.410. The van der Waals surface area contributed by atoms with Crippen molar-refractivity contribution in [2.75, 3.05) is 6.61 Å². The quantitative estimate of drug-likeness (QED) is 0.473. The van der Waals surface area contributed by atoms with Crippen molar-refractivity contribution in [3.8, 4) is 5.75 Å². The first-order chi connectivity index (χ1) is 8.73. The van der Waals surface area contributed by atoms with Crippen LogP contribution in [0.4, 0.5) is 4.79 Å². The minimum Gasteiger partial charge on any atom is -0.433 e. The van der Waals surface area contributed by atoms with Gasteiger partial charge in [-0.25, -0.2) is 4.79 Å². The Balaban J connectivity index is 2.82. The van der Waals surface area contributed by atoms with Crippen molar-refractivity contribution < 1.29 is 19.1 Å². The Morgan fingerprint density at radius 1 is 1.32 bits per heavy atom. The first kappa shape index (κ1) is 15.8. The van der Waals surface area contributed by atoms with E-state index in [4.69, 9.17) is 32.7 Å². The SMILES string of the molecule is CC(C)(C)COC(=O)Oc1c(Cl)cc(Cl)cc1C=O. The van der Waals surface area contributed by atoms with Crippen LogP contribution in [0.3, 0.4) is 0 Å². The molecule has 0 heterocycles. The van der Waals surface area contributed by atoms with Gasteiger partial charge in [0.2, 0.25) is 0 Å². The van der Waals surface area contributed by atoms with Gasteiger partial charge in [-0.1, -0.05) is 44.0 Å². The van der Waals surface area contributed by atoms with Crippen molar-refractivity contribution >= 4 is 35.6 Å². The van der Waals surface area contributed by atoms with Gasteiger partial charge in [0.1, 0.15) is 0 Å². The van der Waals surface area contributed by atoms with Gasteiger partial charge in [-0.2, -0.15) is 0 Å². The highest BCUT2D eigenvalue weighted by Crippen LogP contribution is 2.31. The molecule has 0 N–H and O–H groups in total. The number of carbonyl (C=O) groups is 2. The van der Waals surface area contributed by atoms with Crippen LogP contribution in [-0.2, 0) is 4.74 Å². The molecule has 1 aromatic carbocycles. The van der Waals surface area contributed by atoms with Crippen molar-refractivity contribution in [3.63, 3.8) is 0 Å². The van der Waals surface area contributed by atoms with Gasteiger partial charge in [-0.15, -0.1) is 0 Å². The van der Waals surface area contributed by atoms with Gasteiger partial charge in [0.25, 0.3) is 0 Å². The van der Waals surface area contributed by atoms with E-state index in [1.165, 1.54) is 12.1 Å². The molecule has 19 heavy (non-hydrogen) atoms. The molecule has 0 aliphatic carbocycles. The Morgan fingerprint density at radius 3 is 2.47 bits per heavy atom. The van der Waals surface area contributed by atoms with Gasteiger partial charge in [0.05, 0.1) is 17.2 Å². The average Bonchev–Trinajstić information content (AvgIpc) is 2.28. The van der Waals surface area contributed by atoms with E-state index < -0.39 is 6.16 Å². The van der Waals surface area contributed by atoms with E-state index >= 15 is 0 Å². The van der Waals surface area contributed by atoms with E-state index in [9.17, 15) is 9.59 Å². The second-order valence-corrected chi connectivity index (χ2v) is 5.97. The molecular weight excluding hydrogens is 291 g/mol. The van der Waals surface area contributed by atoms with Crippen LogP contribution in [-0.4, -0.2) is 19.0 Å². The number of aldehydes is 1. The normalized spacial score (nSPS) is 11.0. The van der Waals surface area contributed by atoms with E-state index in [0.717, 1.165) is 0 Å². The van der Waals surface area contributed by atoms with Crippen LogP contribution >= 0.6 is 23.2 Å². The fourth-order valence-electron chi connectivity index (χ4n) is 1.16. The number of hydrogen-bond donors (Lipinski definition) is 0. The average molecular weight is 305 g/mol. The molecule has 104 valence electrons. The van der Waals surface area contributed by atoms with Crippen molar-refractivity contribution in [1.82, 2.24) is 0 Å². The molecule has 0 aliphatic heterocycles. The van der Waals surface area contributed by atoms with Gasteiger partial charge in [-0.3, -0.25) is 4.79 Å². The number of carbonyl (C=O) groups excluding carboxylic acids is 2. The lowest BCUT2D eigenvalue weighted by Gasteiger charge is -2.17. The van der Waals surface area contributed by atoms with Crippen LogP contribution in [0.5, 0.6) is 5.75 Å². The van der Waals surface area contributed by atoms with Crippen molar-refractivity contribution in [2.45, 2.75) is 20.8 Å². The van der Waals surface area contributed by atoms with Crippen LogP contribution in [0.25, 0.3) is 0 Å². The van der Waals surface area contributed by atoms with Gasteiger partial charge >= 0.3 is 6.16 Å². The third-order valence-electron chi connectivity index (χ3n) is 1.97. The highest BCUT2D eigenvalue weighted by Gasteiger charge is 2.18. The Morgan fingerprint density at radius 2 is 1.95 bits per heavy atom. The van der Waals surface area contributed by atoms with E-state index in [-0.39, 0.29) is 33.4 Å². The molecule has 1 rings (SSSR count). The predicted molar refractivity (Wildman–Crippen MR) is 73.3 cm³/mol. The number of benzene rings is 1. The Kier molecular flexibility index (Phi) is 5.20. The minimum absolute atomic E-state index is 0.0556. The lowest BCUT2D eigenvalue weighted by Crippen LogP contribution is -2.20. The first-order valence-corrected chi connectivity index (χ1v) is 6.27. The molecule has 4 nitrogen and oxygen atoms in total. The highest BCUT2D eigenvalue weighted by atomic mass is 35.5. The van der Waals surface area contributed by atoms with Gasteiger partial charge < -0.3 is 9.47 Å². The summed E-state index contributed by atoms with van der Waals surface area (Å²) in [7, 11) is 0. The van der Waals surface area contributed by atoms with Crippen LogP contribution in [0.15, 0.2) is 12.1 Å². The third kappa shape index (κ3) is 5.09. The van der Waals surface area contributed by atoms with Gasteiger partial charge in [-0.05, 0) is 17.5 Å². The Bertz CT molecular complexity index is 492. The summed E-state index contributed by atoms with van der Waals surface area (Å²) < 4.78 is 9.86. The molecule has 1 aromatic rings. The van der Waals surface area contributed by atoms with Gasteiger partial charge in [0, 0.05) is 5.02 Å². The molecule has 0 saturated heterocycles. The second kappa shape index (κ2) is 6.26. The maximum Gasteiger partial charge on any atom is 0.513 e. The standard InChI is InChI=1S/C13H14Cl2O4/c1-13(2,3)7-18-12(17)19-11-8(6-16)4-9(14)5-10(11)15/h4-6H,7H2,1-3H3. The highest BCUT2D eigenvalue weighted by molar-refractivity contribution is 6.36. The summed E-state index contributed by atoms with van der Waals surface area (Å²) in [5.74, 6) is -0.0556. The summed E-state index contributed by atoms with van der Waals surface area (Å²) >= 11 is 11.6. The van der Waals surface area contributed by atoms with Crippen molar-refractivity contribution in [3.05, 3.63) is 27.7 Å². The van der Waals surface area contributed by atoms with E-state index in [2.05, 4.69) is 0 Å². The van der Waals surface area contributed by atoms with Crippen LogP contribution < -0.4 is 4.74 Å². The summed E-state index contributed by atoms with van der Waals surface area (Å²) in [4.78, 5) is 22.4. The molecule has 0 spiro atoms. The van der Waals surface area contributed by atoms with Crippen LogP contribution in [0.1, 0.15) is 31.1 Å². The molecule has 0 aliphatic rings. The maximum absolute atomic E-state index is 11.5. The first-order valence-electron chi connectivity index (χ1n) is 5.52. The molecule has 0 fully saturated rings. The van der Waals surface area contributed by atoms with E-state index in [1.807, 2.05) is 20.8 Å². The zero-order valence-corrected chi connectivity index (χ0v) is 12.3. The lowest BCUT2D eigenvalue weighted by molar-refractivity contribution is 0.0683. The number of hydrogen-bond acceptors (Lipinski definition) is 4. The van der Waals surface area contributed by atoms with Crippen LogP contribution in [0.2, 0.25) is 10.0 Å². The smallest absolute Gasteiger partial charge is 0.433 e. The molecule has 0 saturated carbocycles. The summed E-state index contributed by atoms with van der Waals surface area (Å²) in [6, 6.07) is 2.73. The molecule has 0 radical (unpaired) electrons. The number of halogens is 2. The topological polar surface area (TPSA) is 52.6 Å². The maximum atomic E-state index is 11.5. The molecule has 0 amide bonds. The largest absolute Gasteiger partial charge is 0.513 e. The van der Waals surface area contributed by atoms with Gasteiger partial charge in [0.15, 0.2) is 12.0 Å². The lowest BCUT2D eigenvalue weighted by atomic mass is 9.99. The predicted octanol–water partition coefficient (Wildman–Crippen LogP) is 4.37. The molecule has 6 heteroatoms. The Hall–Kier alpha value is -1.26. The monoisotopic (exact) mass is 304 g/mol.